The summed E-state index contributed by atoms with van der Waals surface area (Å²) in [5.41, 5.74) is 6.34. The Hall–Kier alpha value is -1.99. The molecule has 0 bridgehead atoms. The van der Waals surface area contributed by atoms with Crippen LogP contribution in [0.2, 0.25) is 0 Å². The van der Waals surface area contributed by atoms with Gasteiger partial charge < -0.3 is 10.6 Å². The molecule has 0 spiro atoms. The molecule has 0 aliphatic carbocycles. The number of carbonyl (C=O) groups is 1. The van der Waals surface area contributed by atoms with E-state index in [9.17, 15) is 9.59 Å². The van der Waals surface area contributed by atoms with Crippen LogP contribution < -0.4 is 11.3 Å². The third-order valence-corrected chi connectivity index (χ3v) is 4.25. The van der Waals surface area contributed by atoms with Gasteiger partial charge in [-0.25, -0.2) is 4.68 Å². The number of aromatic nitrogens is 3. The Morgan fingerprint density at radius 2 is 2.00 bits per heavy atom. The molecule has 1 unspecified atom stereocenters. The number of fused-ring (bicyclic) bond motifs is 1. The van der Waals surface area contributed by atoms with E-state index in [-0.39, 0.29) is 42.9 Å². The van der Waals surface area contributed by atoms with Crippen LogP contribution in [0.15, 0.2) is 29.1 Å². The average Bonchev–Trinajstić information content (AvgIpc) is 2.58. The highest BCUT2D eigenvalue weighted by molar-refractivity contribution is 5.85. The van der Waals surface area contributed by atoms with Gasteiger partial charge in [-0.3, -0.25) is 9.59 Å². The summed E-state index contributed by atoms with van der Waals surface area (Å²) in [7, 11) is 1.75. The molecule has 0 fully saturated rings. The van der Waals surface area contributed by atoms with Crippen molar-refractivity contribution in [2.45, 2.75) is 39.3 Å². The summed E-state index contributed by atoms with van der Waals surface area (Å²) < 4.78 is 1.24. The van der Waals surface area contributed by atoms with Gasteiger partial charge in [-0.1, -0.05) is 31.2 Å². The summed E-state index contributed by atoms with van der Waals surface area (Å²) >= 11 is 0. The Bertz CT molecular complexity index is 762. The number of benzene rings is 1. The number of nitrogens with two attached hydrogens (primary N) is 1. The summed E-state index contributed by atoms with van der Waals surface area (Å²) in [4.78, 5) is 26.2. The fourth-order valence-corrected chi connectivity index (χ4v) is 2.36. The topological polar surface area (TPSA) is 94.1 Å². The molecule has 1 amide bonds. The quantitative estimate of drug-likeness (QED) is 0.799. The van der Waals surface area contributed by atoms with E-state index in [2.05, 4.69) is 24.2 Å². The van der Waals surface area contributed by atoms with Gasteiger partial charge in [-0.2, -0.15) is 0 Å². The van der Waals surface area contributed by atoms with E-state index in [1.165, 1.54) is 4.68 Å². The lowest BCUT2D eigenvalue weighted by Gasteiger charge is -2.21. The van der Waals surface area contributed by atoms with Gasteiger partial charge in [0.25, 0.3) is 5.56 Å². The van der Waals surface area contributed by atoms with Crippen molar-refractivity contribution in [2.75, 3.05) is 13.6 Å². The summed E-state index contributed by atoms with van der Waals surface area (Å²) in [6.07, 6.45) is 0.968. The molecule has 0 saturated carbocycles. The van der Waals surface area contributed by atoms with Crippen LogP contribution in [0, 0.1) is 5.92 Å². The lowest BCUT2D eigenvalue weighted by Crippen LogP contribution is -2.35. The number of hydrogen-bond acceptors (Lipinski definition) is 5. The molecule has 7 nitrogen and oxygen atoms in total. The van der Waals surface area contributed by atoms with Gasteiger partial charge in [0.2, 0.25) is 5.91 Å². The van der Waals surface area contributed by atoms with Gasteiger partial charge >= 0.3 is 0 Å². The van der Waals surface area contributed by atoms with E-state index in [0.717, 1.165) is 6.42 Å². The molecule has 2 aromatic rings. The van der Waals surface area contributed by atoms with Crippen LogP contribution >= 0.6 is 12.4 Å². The Balaban J connectivity index is 0.00000312. The normalized spacial score (nSPS) is 12.0. The van der Waals surface area contributed by atoms with Gasteiger partial charge in [0.15, 0.2) is 0 Å². The Morgan fingerprint density at radius 1 is 1.32 bits per heavy atom. The smallest absolute Gasteiger partial charge is 0.277 e. The molecule has 25 heavy (non-hydrogen) atoms. The molecule has 1 aromatic carbocycles. The molecular formula is C17H26ClN5O2. The molecule has 138 valence electrons. The first-order valence-corrected chi connectivity index (χ1v) is 8.22. The number of rotatable bonds is 7. The van der Waals surface area contributed by atoms with Crippen molar-refractivity contribution in [1.29, 1.82) is 0 Å². The van der Waals surface area contributed by atoms with Crippen LogP contribution in [0.1, 0.15) is 26.7 Å². The predicted molar refractivity (Wildman–Crippen MR) is 101 cm³/mol. The van der Waals surface area contributed by atoms with Crippen molar-refractivity contribution in [3.8, 4) is 0 Å². The van der Waals surface area contributed by atoms with Crippen molar-refractivity contribution in [2.24, 2.45) is 11.7 Å². The van der Waals surface area contributed by atoms with Gasteiger partial charge in [0.05, 0.1) is 11.9 Å². The number of carbonyl (C=O) groups excluding carboxylic acids is 1. The highest BCUT2D eigenvalue weighted by Crippen LogP contribution is 2.06. The first-order valence-electron chi connectivity index (χ1n) is 8.22. The lowest BCUT2D eigenvalue weighted by molar-refractivity contribution is -0.130. The van der Waals surface area contributed by atoms with Gasteiger partial charge in [-0.05, 0) is 24.5 Å². The fraction of sp³-hybridized carbons (Fsp3) is 0.529. The van der Waals surface area contributed by atoms with Crippen LogP contribution in [0.5, 0.6) is 0 Å². The van der Waals surface area contributed by atoms with E-state index in [4.69, 9.17) is 5.73 Å². The molecular weight excluding hydrogens is 342 g/mol. The molecule has 1 aromatic heterocycles. The maximum absolute atomic E-state index is 12.3. The fourth-order valence-electron chi connectivity index (χ4n) is 2.36. The van der Waals surface area contributed by atoms with Gasteiger partial charge in [-0.15, -0.1) is 17.5 Å². The summed E-state index contributed by atoms with van der Waals surface area (Å²) in [6.45, 7) is 4.96. The first kappa shape index (κ1) is 21.1. The molecule has 1 atom stereocenters. The van der Waals surface area contributed by atoms with E-state index in [0.29, 0.717) is 23.4 Å². The van der Waals surface area contributed by atoms with Crippen LogP contribution in [-0.2, 0) is 11.3 Å². The number of halogens is 1. The minimum atomic E-state index is -0.224. The molecule has 8 heteroatoms. The molecule has 0 saturated heterocycles. The van der Waals surface area contributed by atoms with E-state index < -0.39 is 0 Å². The Kier molecular flexibility index (Phi) is 7.99. The van der Waals surface area contributed by atoms with E-state index in [1.54, 1.807) is 36.2 Å². The molecule has 2 rings (SSSR count). The standard InChI is InChI=1S/C17H25N5O2.ClH/c1-12(2)14(18)8-10-21(3)16(23)9-11-22-17(24)13-6-4-5-7-15(13)19-20-22;/h4-7,12,14H,8-11,18H2,1-3H3;1H. The number of nitrogens with zero attached hydrogens (tertiary/aromatic N) is 4. The summed E-state index contributed by atoms with van der Waals surface area (Å²) in [5.74, 6) is 0.354. The highest BCUT2D eigenvalue weighted by Gasteiger charge is 2.14. The van der Waals surface area contributed by atoms with Gasteiger partial charge in [0.1, 0.15) is 5.52 Å². The van der Waals surface area contributed by atoms with Crippen LogP contribution in [-0.4, -0.2) is 45.4 Å². The van der Waals surface area contributed by atoms with E-state index >= 15 is 0 Å². The van der Waals surface area contributed by atoms with Crippen molar-refractivity contribution in [3.05, 3.63) is 34.6 Å². The largest absolute Gasteiger partial charge is 0.346 e. The number of amides is 1. The van der Waals surface area contributed by atoms with Crippen molar-refractivity contribution < 1.29 is 4.79 Å². The zero-order valence-electron chi connectivity index (χ0n) is 14.9. The molecule has 0 aliphatic heterocycles. The zero-order chi connectivity index (χ0) is 17.7. The maximum Gasteiger partial charge on any atom is 0.277 e. The summed E-state index contributed by atoms with van der Waals surface area (Å²) in [6, 6.07) is 7.12. The third-order valence-electron chi connectivity index (χ3n) is 4.25. The van der Waals surface area contributed by atoms with Crippen molar-refractivity contribution in [3.63, 3.8) is 0 Å². The van der Waals surface area contributed by atoms with Crippen LogP contribution in [0.3, 0.4) is 0 Å². The average molecular weight is 368 g/mol. The third kappa shape index (κ3) is 5.51. The highest BCUT2D eigenvalue weighted by atomic mass is 35.5. The molecule has 0 aliphatic rings. The van der Waals surface area contributed by atoms with Crippen LogP contribution in [0.4, 0.5) is 0 Å². The zero-order valence-corrected chi connectivity index (χ0v) is 15.7. The van der Waals surface area contributed by atoms with Crippen molar-refractivity contribution in [1.82, 2.24) is 19.9 Å². The second-order valence-corrected chi connectivity index (χ2v) is 6.40. The summed E-state index contributed by atoms with van der Waals surface area (Å²) in [5, 5.41) is 8.42. The lowest BCUT2D eigenvalue weighted by atomic mass is 10.0. The predicted octanol–water partition coefficient (Wildman–Crippen LogP) is 1.44. The van der Waals surface area contributed by atoms with Crippen LogP contribution in [0.25, 0.3) is 10.9 Å². The second-order valence-electron chi connectivity index (χ2n) is 6.40. The Morgan fingerprint density at radius 3 is 2.68 bits per heavy atom. The SMILES string of the molecule is CC(C)C(N)CCN(C)C(=O)CCn1nnc2ccccc2c1=O.Cl. The van der Waals surface area contributed by atoms with Crippen molar-refractivity contribution >= 4 is 29.2 Å². The Labute approximate surface area is 153 Å². The minimum Gasteiger partial charge on any atom is -0.346 e. The maximum atomic E-state index is 12.3. The van der Waals surface area contributed by atoms with Gasteiger partial charge in [0, 0.05) is 26.1 Å². The molecule has 0 radical (unpaired) electrons. The minimum absolute atomic E-state index is 0. The number of aryl methyl sites for hydroxylation is 1. The molecule has 1 heterocycles. The van der Waals surface area contributed by atoms with E-state index in [1.807, 2.05) is 0 Å². The monoisotopic (exact) mass is 367 g/mol. The number of hydrogen-bond donors (Lipinski definition) is 1. The first-order chi connectivity index (χ1) is 11.4. The second kappa shape index (κ2) is 9.48. The molecule has 2 N–H and O–H groups in total.